The lowest BCUT2D eigenvalue weighted by atomic mass is 10.3. The van der Waals surface area contributed by atoms with E-state index in [4.69, 9.17) is 10.6 Å². The van der Waals surface area contributed by atoms with Gasteiger partial charge in [0.2, 0.25) is 5.88 Å². The number of ether oxygens (including phenoxy) is 1. The van der Waals surface area contributed by atoms with E-state index in [9.17, 15) is 8.78 Å². The molecule has 3 N–H and O–H groups in total. The van der Waals surface area contributed by atoms with E-state index in [0.29, 0.717) is 23.6 Å². The fourth-order valence-electron chi connectivity index (χ4n) is 1.60. The van der Waals surface area contributed by atoms with Crippen molar-refractivity contribution in [1.82, 2.24) is 9.97 Å². The summed E-state index contributed by atoms with van der Waals surface area (Å²) in [5, 5.41) is 0. The molecule has 0 spiro atoms. The number of halogens is 2. The molecular formula is C13H14F2N4O. The molecule has 2 rings (SSSR count). The van der Waals surface area contributed by atoms with Crippen LogP contribution < -0.4 is 16.0 Å². The maximum atomic E-state index is 13.6. The zero-order chi connectivity index (χ0) is 14.7. The third kappa shape index (κ3) is 2.83. The van der Waals surface area contributed by atoms with Crippen molar-refractivity contribution in [3.8, 4) is 11.6 Å². The minimum absolute atomic E-state index is 0.113. The van der Waals surface area contributed by atoms with E-state index in [-0.39, 0.29) is 11.6 Å². The smallest absolute Gasteiger partial charge is 0.227 e. The summed E-state index contributed by atoms with van der Waals surface area (Å²) in [6.45, 7) is 3.55. The largest absolute Gasteiger partial charge is 0.435 e. The lowest BCUT2D eigenvalue weighted by molar-refractivity contribution is 0.418. The Morgan fingerprint density at radius 1 is 1.30 bits per heavy atom. The number of hydrazine groups is 1. The van der Waals surface area contributed by atoms with Crippen LogP contribution in [-0.4, -0.2) is 9.97 Å². The van der Waals surface area contributed by atoms with Crippen molar-refractivity contribution in [2.24, 2.45) is 5.84 Å². The molecule has 106 valence electrons. The van der Waals surface area contributed by atoms with Crippen LogP contribution >= 0.6 is 0 Å². The van der Waals surface area contributed by atoms with Crippen molar-refractivity contribution in [2.45, 2.75) is 20.3 Å². The summed E-state index contributed by atoms with van der Waals surface area (Å²) < 4.78 is 31.8. The molecule has 0 atom stereocenters. The van der Waals surface area contributed by atoms with Crippen LogP contribution in [0.1, 0.15) is 18.3 Å². The molecule has 0 aliphatic carbocycles. The molecule has 1 aromatic carbocycles. The van der Waals surface area contributed by atoms with Gasteiger partial charge in [0.15, 0.2) is 11.6 Å². The molecule has 0 aliphatic heterocycles. The molecule has 0 bridgehead atoms. The average Bonchev–Trinajstić information content (AvgIpc) is 2.43. The van der Waals surface area contributed by atoms with Crippen LogP contribution in [0.3, 0.4) is 0 Å². The molecule has 7 heteroatoms. The van der Waals surface area contributed by atoms with E-state index in [2.05, 4.69) is 15.4 Å². The van der Waals surface area contributed by atoms with Crippen LogP contribution in [0.4, 0.5) is 14.6 Å². The Hall–Kier alpha value is -2.28. The number of nitrogens with zero attached hydrogens (tertiary/aromatic N) is 2. The van der Waals surface area contributed by atoms with Crippen molar-refractivity contribution >= 4 is 5.82 Å². The predicted octanol–water partition coefficient (Wildman–Crippen LogP) is 2.70. The van der Waals surface area contributed by atoms with Gasteiger partial charge in [0.1, 0.15) is 17.5 Å². The van der Waals surface area contributed by atoms with E-state index in [0.717, 1.165) is 12.1 Å². The highest BCUT2D eigenvalue weighted by atomic mass is 19.1. The van der Waals surface area contributed by atoms with E-state index in [1.54, 1.807) is 6.92 Å². The fraction of sp³-hybridized carbons (Fsp3) is 0.231. The third-order valence-electron chi connectivity index (χ3n) is 2.70. The van der Waals surface area contributed by atoms with Crippen molar-refractivity contribution in [2.75, 3.05) is 5.43 Å². The second kappa shape index (κ2) is 5.79. The Bertz CT molecular complexity index is 634. The molecule has 0 fully saturated rings. The van der Waals surface area contributed by atoms with Crippen LogP contribution in [-0.2, 0) is 6.42 Å². The fourth-order valence-corrected chi connectivity index (χ4v) is 1.60. The molecule has 0 radical (unpaired) electrons. The van der Waals surface area contributed by atoms with E-state index >= 15 is 0 Å². The van der Waals surface area contributed by atoms with Crippen LogP contribution in [0.2, 0.25) is 0 Å². The summed E-state index contributed by atoms with van der Waals surface area (Å²) in [7, 11) is 0. The molecule has 0 unspecified atom stereocenters. The topological polar surface area (TPSA) is 73.1 Å². The van der Waals surface area contributed by atoms with Crippen molar-refractivity contribution in [1.29, 1.82) is 0 Å². The standard InChI is InChI=1S/C13H14F2N4O/c1-3-11-17-12(19-16)7(2)13(18-11)20-10-5-4-8(14)6-9(10)15/h4-6H,3,16H2,1-2H3,(H,17,18,19). The number of nitrogens with two attached hydrogens (primary N) is 1. The summed E-state index contributed by atoms with van der Waals surface area (Å²) in [5.41, 5.74) is 2.97. The molecule has 0 amide bonds. The summed E-state index contributed by atoms with van der Waals surface area (Å²) >= 11 is 0. The minimum Gasteiger partial charge on any atom is -0.435 e. The Morgan fingerprint density at radius 3 is 2.65 bits per heavy atom. The third-order valence-corrected chi connectivity index (χ3v) is 2.70. The minimum atomic E-state index is -0.802. The van der Waals surface area contributed by atoms with Gasteiger partial charge in [-0.05, 0) is 19.1 Å². The number of aromatic nitrogens is 2. The van der Waals surface area contributed by atoms with Crippen LogP contribution in [0.5, 0.6) is 11.6 Å². The first-order valence-corrected chi connectivity index (χ1v) is 6.02. The monoisotopic (exact) mass is 280 g/mol. The van der Waals surface area contributed by atoms with E-state index in [1.165, 1.54) is 6.07 Å². The maximum Gasteiger partial charge on any atom is 0.227 e. The van der Waals surface area contributed by atoms with Gasteiger partial charge in [-0.1, -0.05) is 6.92 Å². The molecule has 2 aromatic rings. The van der Waals surface area contributed by atoms with Crippen LogP contribution in [0.15, 0.2) is 18.2 Å². The van der Waals surface area contributed by atoms with Gasteiger partial charge < -0.3 is 10.2 Å². The molecule has 1 aromatic heterocycles. The Kier molecular flexibility index (Phi) is 4.09. The molecule has 0 saturated heterocycles. The Labute approximate surface area is 114 Å². The van der Waals surface area contributed by atoms with Crippen LogP contribution in [0, 0.1) is 18.6 Å². The highest BCUT2D eigenvalue weighted by Gasteiger charge is 2.14. The second-order valence-electron chi connectivity index (χ2n) is 4.09. The zero-order valence-corrected chi connectivity index (χ0v) is 11.1. The van der Waals surface area contributed by atoms with E-state index in [1.807, 2.05) is 6.92 Å². The van der Waals surface area contributed by atoms with Crippen molar-refractivity contribution < 1.29 is 13.5 Å². The summed E-state index contributed by atoms with van der Waals surface area (Å²) in [6, 6.07) is 3.06. The molecule has 1 heterocycles. The number of nitrogens with one attached hydrogen (secondary N) is 1. The van der Waals surface area contributed by atoms with Gasteiger partial charge in [0.05, 0.1) is 5.56 Å². The lowest BCUT2D eigenvalue weighted by Crippen LogP contribution is -2.13. The van der Waals surface area contributed by atoms with Gasteiger partial charge in [-0.15, -0.1) is 0 Å². The average molecular weight is 280 g/mol. The number of nitrogen functional groups attached to an aromatic ring is 1. The number of hydrogen-bond acceptors (Lipinski definition) is 5. The molecular weight excluding hydrogens is 266 g/mol. The predicted molar refractivity (Wildman–Crippen MR) is 70.4 cm³/mol. The first kappa shape index (κ1) is 14.1. The van der Waals surface area contributed by atoms with Gasteiger partial charge in [-0.25, -0.2) is 19.6 Å². The Balaban J connectivity index is 2.42. The zero-order valence-electron chi connectivity index (χ0n) is 11.1. The number of anilines is 1. The maximum absolute atomic E-state index is 13.6. The molecule has 0 saturated carbocycles. The van der Waals surface area contributed by atoms with Crippen molar-refractivity contribution in [3.05, 3.63) is 41.2 Å². The molecule has 0 aliphatic rings. The SMILES string of the molecule is CCc1nc(NN)c(C)c(Oc2ccc(F)cc2F)n1. The number of rotatable bonds is 4. The van der Waals surface area contributed by atoms with Crippen LogP contribution in [0.25, 0.3) is 0 Å². The highest BCUT2D eigenvalue weighted by molar-refractivity contribution is 5.48. The second-order valence-corrected chi connectivity index (χ2v) is 4.09. The normalized spacial score (nSPS) is 10.4. The van der Waals surface area contributed by atoms with Gasteiger partial charge in [-0.3, -0.25) is 0 Å². The van der Waals surface area contributed by atoms with Gasteiger partial charge in [0.25, 0.3) is 0 Å². The Morgan fingerprint density at radius 2 is 2.05 bits per heavy atom. The molecule has 5 nitrogen and oxygen atoms in total. The quantitative estimate of drug-likeness (QED) is 0.665. The summed E-state index contributed by atoms with van der Waals surface area (Å²) in [5.74, 6) is 4.85. The van der Waals surface area contributed by atoms with Gasteiger partial charge >= 0.3 is 0 Å². The highest BCUT2D eigenvalue weighted by Crippen LogP contribution is 2.28. The summed E-state index contributed by atoms with van der Waals surface area (Å²) in [6.07, 6.45) is 0.567. The number of hydrogen-bond donors (Lipinski definition) is 2. The van der Waals surface area contributed by atoms with Gasteiger partial charge in [0, 0.05) is 12.5 Å². The first-order valence-electron chi connectivity index (χ1n) is 6.02. The van der Waals surface area contributed by atoms with Gasteiger partial charge in [-0.2, -0.15) is 4.98 Å². The number of benzene rings is 1. The lowest BCUT2D eigenvalue weighted by Gasteiger charge is -2.12. The number of aryl methyl sites for hydroxylation is 1. The molecule has 20 heavy (non-hydrogen) atoms. The first-order chi connectivity index (χ1) is 9.55. The summed E-state index contributed by atoms with van der Waals surface area (Å²) in [4.78, 5) is 8.34. The van der Waals surface area contributed by atoms with Crippen molar-refractivity contribution in [3.63, 3.8) is 0 Å². The van der Waals surface area contributed by atoms with E-state index < -0.39 is 11.6 Å².